The van der Waals surface area contributed by atoms with Crippen molar-refractivity contribution in [3.05, 3.63) is 140 Å². The van der Waals surface area contributed by atoms with Gasteiger partial charge in [0.15, 0.2) is 17.5 Å². The van der Waals surface area contributed by atoms with Gasteiger partial charge in [-0.15, -0.1) is 0 Å². The van der Waals surface area contributed by atoms with E-state index >= 15 is 0 Å². The van der Waals surface area contributed by atoms with E-state index in [1.54, 1.807) is 0 Å². The largest absolute Gasteiger partial charge is 0.455 e. The third kappa shape index (κ3) is 3.83. The Labute approximate surface area is 252 Å². The Bertz CT molecular complexity index is 2440. The van der Waals surface area contributed by atoms with E-state index in [1.165, 1.54) is 0 Å². The molecule has 0 saturated heterocycles. The highest BCUT2D eigenvalue weighted by Gasteiger charge is 2.21. The van der Waals surface area contributed by atoms with Crippen LogP contribution < -0.4 is 0 Å². The van der Waals surface area contributed by atoms with E-state index in [4.69, 9.17) is 23.8 Å². The van der Waals surface area contributed by atoms with Crippen LogP contribution in [0.25, 0.3) is 89.2 Å². The number of furan rings is 2. The van der Waals surface area contributed by atoms with Gasteiger partial charge in [-0.25, -0.2) is 15.0 Å². The van der Waals surface area contributed by atoms with Gasteiger partial charge in [0.2, 0.25) is 0 Å². The van der Waals surface area contributed by atoms with E-state index in [0.717, 1.165) is 71.7 Å². The molecule has 0 amide bonds. The van der Waals surface area contributed by atoms with Crippen LogP contribution in [0.5, 0.6) is 0 Å². The van der Waals surface area contributed by atoms with Crippen LogP contribution in [0, 0.1) is 0 Å². The second-order valence-electron chi connectivity index (χ2n) is 10.8. The topological polar surface area (TPSA) is 65.0 Å². The lowest BCUT2D eigenvalue weighted by atomic mass is 9.97. The van der Waals surface area contributed by atoms with Gasteiger partial charge in [0.05, 0.1) is 5.56 Å². The van der Waals surface area contributed by atoms with Gasteiger partial charge in [0.25, 0.3) is 0 Å². The van der Waals surface area contributed by atoms with Crippen molar-refractivity contribution in [1.82, 2.24) is 15.0 Å². The molecular formula is C39H23N3O2. The standard InChI is InChI=1S/C39H23N3O2/c1-3-12-24(13-4-1)37-40-38(25-14-5-2-6-15-25)42-39(41-37)31-21-10-20-30-34-27(17-11-23-33(34)44-36(30)31)29-19-9-18-28-26-16-7-8-22-32(26)43-35(28)29/h1-23H. The molecular weight excluding hydrogens is 542 g/mol. The number of benzene rings is 6. The number of para-hydroxylation sites is 3. The lowest BCUT2D eigenvalue weighted by Crippen LogP contribution is -2.00. The molecule has 6 aromatic carbocycles. The Morgan fingerprint density at radius 3 is 1.59 bits per heavy atom. The van der Waals surface area contributed by atoms with Crippen molar-refractivity contribution < 1.29 is 8.83 Å². The highest BCUT2D eigenvalue weighted by molar-refractivity contribution is 6.18. The summed E-state index contributed by atoms with van der Waals surface area (Å²) < 4.78 is 13.1. The maximum absolute atomic E-state index is 6.63. The fraction of sp³-hybridized carbons (Fsp3) is 0. The van der Waals surface area contributed by atoms with E-state index in [1.807, 2.05) is 103 Å². The maximum atomic E-state index is 6.63. The molecule has 0 saturated carbocycles. The van der Waals surface area contributed by atoms with Gasteiger partial charge in [0, 0.05) is 38.2 Å². The molecule has 9 rings (SSSR count). The Hall–Kier alpha value is -6.07. The van der Waals surface area contributed by atoms with Crippen molar-refractivity contribution in [3.63, 3.8) is 0 Å². The first-order valence-electron chi connectivity index (χ1n) is 14.5. The number of hydrogen-bond donors (Lipinski definition) is 0. The van der Waals surface area contributed by atoms with Crippen LogP contribution in [0.15, 0.2) is 148 Å². The van der Waals surface area contributed by atoms with E-state index in [9.17, 15) is 0 Å². The summed E-state index contributed by atoms with van der Waals surface area (Å²) in [6, 6.07) is 46.8. The summed E-state index contributed by atoms with van der Waals surface area (Å²) >= 11 is 0. The Balaban J connectivity index is 1.29. The summed E-state index contributed by atoms with van der Waals surface area (Å²) in [5.41, 5.74) is 7.99. The van der Waals surface area contributed by atoms with Crippen molar-refractivity contribution in [2.45, 2.75) is 0 Å². The molecule has 206 valence electrons. The average molecular weight is 566 g/mol. The molecule has 0 aliphatic rings. The summed E-state index contributed by atoms with van der Waals surface area (Å²) in [5.74, 6) is 1.78. The van der Waals surface area contributed by atoms with E-state index in [2.05, 4.69) is 36.4 Å². The van der Waals surface area contributed by atoms with Gasteiger partial charge in [-0.2, -0.15) is 0 Å². The van der Waals surface area contributed by atoms with Gasteiger partial charge < -0.3 is 8.83 Å². The second-order valence-corrected chi connectivity index (χ2v) is 10.8. The lowest BCUT2D eigenvalue weighted by Gasteiger charge is -2.08. The zero-order valence-corrected chi connectivity index (χ0v) is 23.4. The van der Waals surface area contributed by atoms with Gasteiger partial charge >= 0.3 is 0 Å². The van der Waals surface area contributed by atoms with Crippen molar-refractivity contribution >= 4 is 43.9 Å². The average Bonchev–Trinajstić information content (AvgIpc) is 3.68. The van der Waals surface area contributed by atoms with Gasteiger partial charge in [-0.05, 0) is 23.8 Å². The smallest absolute Gasteiger partial charge is 0.167 e. The first-order chi connectivity index (χ1) is 21.8. The van der Waals surface area contributed by atoms with E-state index < -0.39 is 0 Å². The van der Waals surface area contributed by atoms with Crippen LogP contribution in [-0.4, -0.2) is 15.0 Å². The summed E-state index contributed by atoms with van der Waals surface area (Å²) in [6.45, 7) is 0. The Morgan fingerprint density at radius 1 is 0.341 bits per heavy atom. The molecule has 3 aromatic heterocycles. The first kappa shape index (κ1) is 24.5. The second kappa shape index (κ2) is 9.75. The lowest BCUT2D eigenvalue weighted by molar-refractivity contribution is 0.669. The van der Waals surface area contributed by atoms with Crippen LogP contribution in [0.4, 0.5) is 0 Å². The van der Waals surface area contributed by atoms with E-state index in [-0.39, 0.29) is 0 Å². The summed E-state index contributed by atoms with van der Waals surface area (Å²) in [4.78, 5) is 14.8. The first-order valence-corrected chi connectivity index (χ1v) is 14.5. The molecule has 0 atom stereocenters. The molecule has 0 spiro atoms. The van der Waals surface area contributed by atoms with Crippen molar-refractivity contribution in [2.75, 3.05) is 0 Å². The highest BCUT2D eigenvalue weighted by Crippen LogP contribution is 2.43. The quantitative estimate of drug-likeness (QED) is 0.212. The normalized spacial score (nSPS) is 11.6. The van der Waals surface area contributed by atoms with Gasteiger partial charge in [-0.1, -0.05) is 121 Å². The summed E-state index contributed by atoms with van der Waals surface area (Å²) in [6.07, 6.45) is 0. The molecule has 9 aromatic rings. The molecule has 5 heteroatoms. The van der Waals surface area contributed by atoms with Gasteiger partial charge in [0.1, 0.15) is 22.3 Å². The zero-order valence-electron chi connectivity index (χ0n) is 23.4. The number of fused-ring (bicyclic) bond motifs is 6. The van der Waals surface area contributed by atoms with Crippen molar-refractivity contribution in [1.29, 1.82) is 0 Å². The number of rotatable bonds is 4. The predicted molar refractivity (Wildman–Crippen MR) is 176 cm³/mol. The van der Waals surface area contributed by atoms with Crippen LogP contribution in [-0.2, 0) is 0 Å². The molecule has 3 heterocycles. The minimum atomic E-state index is 0.559. The number of aromatic nitrogens is 3. The molecule has 0 aliphatic heterocycles. The number of hydrogen-bond acceptors (Lipinski definition) is 5. The molecule has 0 bridgehead atoms. The molecule has 0 unspecified atom stereocenters. The van der Waals surface area contributed by atoms with Crippen LogP contribution in [0.1, 0.15) is 0 Å². The van der Waals surface area contributed by atoms with Crippen LogP contribution >= 0.6 is 0 Å². The van der Waals surface area contributed by atoms with Crippen molar-refractivity contribution in [2.24, 2.45) is 0 Å². The number of nitrogens with zero attached hydrogens (tertiary/aromatic N) is 3. The zero-order chi connectivity index (χ0) is 29.0. The van der Waals surface area contributed by atoms with Crippen LogP contribution in [0.3, 0.4) is 0 Å². The monoisotopic (exact) mass is 565 g/mol. The highest BCUT2D eigenvalue weighted by atomic mass is 16.3. The van der Waals surface area contributed by atoms with Crippen LogP contribution in [0.2, 0.25) is 0 Å². The van der Waals surface area contributed by atoms with Gasteiger partial charge in [-0.3, -0.25) is 0 Å². The fourth-order valence-electron chi connectivity index (χ4n) is 6.14. The summed E-state index contributed by atoms with van der Waals surface area (Å²) in [7, 11) is 0. The third-order valence-electron chi connectivity index (χ3n) is 8.16. The van der Waals surface area contributed by atoms with E-state index in [0.29, 0.717) is 17.5 Å². The molecule has 0 N–H and O–H groups in total. The Morgan fingerprint density at radius 2 is 0.841 bits per heavy atom. The Kier molecular flexibility index (Phi) is 5.43. The van der Waals surface area contributed by atoms with Crippen molar-refractivity contribution in [3.8, 4) is 45.3 Å². The molecule has 0 fully saturated rings. The molecule has 0 radical (unpaired) electrons. The predicted octanol–water partition coefficient (Wildman–Crippen LogP) is 10.3. The minimum Gasteiger partial charge on any atom is -0.455 e. The third-order valence-corrected chi connectivity index (χ3v) is 8.16. The maximum Gasteiger partial charge on any atom is 0.167 e. The molecule has 5 nitrogen and oxygen atoms in total. The SMILES string of the molecule is c1ccc(-c2nc(-c3ccccc3)nc(-c3cccc4c3oc3cccc(-c5cccc6c5oc5ccccc56)c34)n2)cc1. The minimum absolute atomic E-state index is 0.559. The fourth-order valence-corrected chi connectivity index (χ4v) is 6.14. The molecule has 44 heavy (non-hydrogen) atoms. The molecule has 0 aliphatic carbocycles. The summed E-state index contributed by atoms with van der Waals surface area (Å²) in [5, 5.41) is 4.21.